The Morgan fingerprint density at radius 3 is 2.55 bits per heavy atom. The van der Waals surface area contributed by atoms with E-state index in [0.29, 0.717) is 24.2 Å². The number of anilines is 1. The van der Waals surface area contributed by atoms with E-state index in [-0.39, 0.29) is 11.8 Å². The second-order valence-corrected chi connectivity index (χ2v) is 8.12. The highest BCUT2D eigenvalue weighted by molar-refractivity contribution is 6.14. The summed E-state index contributed by atoms with van der Waals surface area (Å²) in [5, 5.41) is 3.03. The molecule has 31 heavy (non-hydrogen) atoms. The van der Waals surface area contributed by atoms with Gasteiger partial charge in [0, 0.05) is 24.2 Å². The van der Waals surface area contributed by atoms with Gasteiger partial charge in [0.15, 0.2) is 0 Å². The summed E-state index contributed by atoms with van der Waals surface area (Å²) in [5.41, 5.74) is 3.21. The van der Waals surface area contributed by atoms with Gasteiger partial charge in [0.1, 0.15) is 11.3 Å². The Balaban J connectivity index is 1.68. The standard InChI is InChI=1S/C26H26N2O3/c1-18-11-13-21(14-12-18)28-24(29)23-10-5-4-8-20(23)16-26(28,2)25(30)27-17-19-7-6-9-22(15-19)31-3/h4-15H,16-17H2,1-3H3,(H,27,30)/t26-/m0/s1. The Morgan fingerprint density at radius 1 is 1.06 bits per heavy atom. The molecule has 0 saturated carbocycles. The van der Waals surface area contributed by atoms with Crippen LogP contribution in [0.2, 0.25) is 0 Å². The summed E-state index contributed by atoms with van der Waals surface area (Å²) in [4.78, 5) is 28.7. The minimum absolute atomic E-state index is 0.162. The molecule has 2 amide bonds. The van der Waals surface area contributed by atoms with Crippen molar-refractivity contribution in [3.63, 3.8) is 0 Å². The number of benzene rings is 3. The van der Waals surface area contributed by atoms with Crippen molar-refractivity contribution in [1.29, 1.82) is 0 Å². The lowest BCUT2D eigenvalue weighted by atomic mass is 9.82. The lowest BCUT2D eigenvalue weighted by molar-refractivity contribution is -0.126. The summed E-state index contributed by atoms with van der Waals surface area (Å²) in [6.07, 6.45) is 0.437. The van der Waals surface area contributed by atoms with Crippen LogP contribution in [0.25, 0.3) is 0 Å². The van der Waals surface area contributed by atoms with Gasteiger partial charge >= 0.3 is 0 Å². The van der Waals surface area contributed by atoms with E-state index in [9.17, 15) is 9.59 Å². The molecule has 0 aliphatic carbocycles. The van der Waals surface area contributed by atoms with E-state index in [0.717, 1.165) is 22.4 Å². The molecule has 4 rings (SSSR count). The van der Waals surface area contributed by atoms with E-state index in [1.807, 2.05) is 86.6 Å². The highest BCUT2D eigenvalue weighted by atomic mass is 16.5. The molecule has 1 aliphatic heterocycles. The maximum Gasteiger partial charge on any atom is 0.259 e. The summed E-state index contributed by atoms with van der Waals surface area (Å²) in [5.74, 6) is 0.379. The molecule has 0 bridgehead atoms. The van der Waals surface area contributed by atoms with Crippen LogP contribution >= 0.6 is 0 Å². The van der Waals surface area contributed by atoms with Crippen LogP contribution < -0.4 is 15.0 Å². The van der Waals surface area contributed by atoms with Gasteiger partial charge in [-0.2, -0.15) is 0 Å². The largest absolute Gasteiger partial charge is 0.497 e. The van der Waals surface area contributed by atoms with Gasteiger partial charge in [-0.3, -0.25) is 14.5 Å². The van der Waals surface area contributed by atoms with Gasteiger partial charge in [0.25, 0.3) is 5.91 Å². The van der Waals surface area contributed by atoms with E-state index < -0.39 is 5.54 Å². The number of fused-ring (bicyclic) bond motifs is 1. The molecule has 0 radical (unpaired) electrons. The first kappa shape index (κ1) is 20.7. The lowest BCUT2D eigenvalue weighted by Crippen LogP contribution is -2.63. The number of ether oxygens (including phenoxy) is 1. The van der Waals surface area contributed by atoms with Gasteiger partial charge in [-0.1, -0.05) is 48.0 Å². The summed E-state index contributed by atoms with van der Waals surface area (Å²) >= 11 is 0. The van der Waals surface area contributed by atoms with Gasteiger partial charge in [0.2, 0.25) is 5.91 Å². The fourth-order valence-corrected chi connectivity index (χ4v) is 4.11. The first-order valence-corrected chi connectivity index (χ1v) is 10.3. The highest BCUT2D eigenvalue weighted by Gasteiger charge is 2.47. The van der Waals surface area contributed by atoms with Crippen LogP contribution in [0.3, 0.4) is 0 Å². The SMILES string of the molecule is COc1cccc(CNC(=O)[C@]2(C)Cc3ccccc3C(=O)N2c2ccc(C)cc2)c1. The average Bonchev–Trinajstić information content (AvgIpc) is 2.79. The van der Waals surface area contributed by atoms with Gasteiger partial charge in [-0.25, -0.2) is 0 Å². The van der Waals surface area contributed by atoms with Crippen molar-refractivity contribution in [3.8, 4) is 5.75 Å². The van der Waals surface area contributed by atoms with E-state index >= 15 is 0 Å². The molecular weight excluding hydrogens is 388 g/mol. The zero-order chi connectivity index (χ0) is 22.0. The molecule has 1 atom stereocenters. The Hall–Kier alpha value is -3.60. The van der Waals surface area contributed by atoms with Crippen molar-refractivity contribution in [1.82, 2.24) is 5.32 Å². The van der Waals surface area contributed by atoms with Gasteiger partial charge < -0.3 is 10.1 Å². The minimum Gasteiger partial charge on any atom is -0.497 e. The molecular formula is C26H26N2O3. The molecule has 1 N–H and O–H groups in total. The highest BCUT2D eigenvalue weighted by Crippen LogP contribution is 2.35. The smallest absolute Gasteiger partial charge is 0.259 e. The Bertz CT molecular complexity index is 1120. The summed E-state index contributed by atoms with van der Waals surface area (Å²) in [7, 11) is 1.61. The van der Waals surface area contributed by atoms with Crippen molar-refractivity contribution >= 4 is 17.5 Å². The molecule has 5 nitrogen and oxygen atoms in total. The van der Waals surface area contributed by atoms with Gasteiger partial charge in [-0.05, 0) is 55.3 Å². The third kappa shape index (κ3) is 3.91. The predicted octanol–water partition coefficient (Wildman–Crippen LogP) is 4.28. The second-order valence-electron chi connectivity index (χ2n) is 8.12. The van der Waals surface area contributed by atoms with Crippen LogP contribution in [0.1, 0.15) is 34.0 Å². The number of hydrogen-bond acceptors (Lipinski definition) is 3. The molecule has 3 aromatic rings. The first-order chi connectivity index (χ1) is 14.9. The van der Waals surface area contributed by atoms with Crippen LogP contribution in [0.15, 0.2) is 72.8 Å². The number of methoxy groups -OCH3 is 1. The van der Waals surface area contributed by atoms with Gasteiger partial charge in [0.05, 0.1) is 7.11 Å². The third-order valence-electron chi connectivity index (χ3n) is 5.85. The second kappa shape index (κ2) is 8.26. The maximum atomic E-state index is 13.5. The maximum absolute atomic E-state index is 13.5. The Morgan fingerprint density at radius 2 is 1.81 bits per heavy atom. The molecule has 0 saturated heterocycles. The quantitative estimate of drug-likeness (QED) is 0.678. The summed E-state index contributed by atoms with van der Waals surface area (Å²) in [6.45, 7) is 4.18. The third-order valence-corrected chi connectivity index (χ3v) is 5.85. The van der Waals surface area contributed by atoms with Crippen molar-refractivity contribution in [2.75, 3.05) is 12.0 Å². The molecule has 3 aromatic carbocycles. The Kier molecular flexibility index (Phi) is 5.51. The van der Waals surface area contributed by atoms with Crippen LogP contribution in [-0.2, 0) is 17.8 Å². The number of nitrogens with one attached hydrogen (secondary N) is 1. The number of carbonyl (C=O) groups excluding carboxylic acids is 2. The number of carbonyl (C=O) groups is 2. The zero-order valence-electron chi connectivity index (χ0n) is 18.0. The number of amides is 2. The fourth-order valence-electron chi connectivity index (χ4n) is 4.11. The molecule has 0 unspecified atom stereocenters. The summed E-state index contributed by atoms with van der Waals surface area (Å²) in [6, 6.07) is 22.8. The lowest BCUT2D eigenvalue weighted by Gasteiger charge is -2.44. The molecule has 158 valence electrons. The van der Waals surface area contributed by atoms with Gasteiger partial charge in [-0.15, -0.1) is 0 Å². The van der Waals surface area contributed by atoms with Crippen LogP contribution in [-0.4, -0.2) is 24.5 Å². The van der Waals surface area contributed by atoms with Crippen molar-refractivity contribution in [3.05, 3.63) is 95.1 Å². The number of rotatable bonds is 5. The van der Waals surface area contributed by atoms with Crippen molar-refractivity contribution in [2.24, 2.45) is 0 Å². The van der Waals surface area contributed by atoms with Crippen LogP contribution in [0.4, 0.5) is 5.69 Å². The monoisotopic (exact) mass is 414 g/mol. The predicted molar refractivity (Wildman–Crippen MR) is 121 cm³/mol. The topological polar surface area (TPSA) is 58.6 Å². The zero-order valence-corrected chi connectivity index (χ0v) is 18.0. The molecule has 0 aromatic heterocycles. The average molecular weight is 415 g/mol. The first-order valence-electron chi connectivity index (χ1n) is 10.3. The van der Waals surface area contributed by atoms with Crippen LogP contribution in [0, 0.1) is 6.92 Å². The number of hydrogen-bond donors (Lipinski definition) is 1. The fraction of sp³-hybridized carbons (Fsp3) is 0.231. The minimum atomic E-state index is -1.06. The van der Waals surface area contributed by atoms with Crippen LogP contribution in [0.5, 0.6) is 5.75 Å². The summed E-state index contributed by atoms with van der Waals surface area (Å²) < 4.78 is 5.27. The number of aryl methyl sites for hydroxylation is 1. The molecule has 1 heterocycles. The van der Waals surface area contributed by atoms with E-state index in [2.05, 4.69) is 5.32 Å². The number of nitrogens with zero attached hydrogens (tertiary/aromatic N) is 1. The molecule has 1 aliphatic rings. The molecule has 0 spiro atoms. The van der Waals surface area contributed by atoms with E-state index in [4.69, 9.17) is 4.74 Å². The van der Waals surface area contributed by atoms with E-state index in [1.165, 1.54) is 0 Å². The molecule has 5 heteroatoms. The molecule has 0 fully saturated rings. The normalized spacial score (nSPS) is 17.8. The Labute approximate surface area is 182 Å². The van der Waals surface area contributed by atoms with E-state index in [1.54, 1.807) is 12.0 Å². The van der Waals surface area contributed by atoms with Crippen molar-refractivity contribution in [2.45, 2.75) is 32.4 Å². The van der Waals surface area contributed by atoms with Crippen molar-refractivity contribution < 1.29 is 14.3 Å².